The van der Waals surface area contributed by atoms with Crippen LogP contribution in [-0.2, 0) is 4.79 Å². The molecule has 0 aliphatic heterocycles. The summed E-state index contributed by atoms with van der Waals surface area (Å²) in [5.74, 6) is 1.40. The summed E-state index contributed by atoms with van der Waals surface area (Å²) in [6.45, 7) is 5.98. The summed E-state index contributed by atoms with van der Waals surface area (Å²) in [4.78, 5) is 27.6. The minimum Gasteiger partial charge on any atom is -0.476 e. The molecule has 0 saturated carbocycles. The summed E-state index contributed by atoms with van der Waals surface area (Å²) in [6.07, 6.45) is 4.07. The number of rotatable bonds is 11. The third-order valence-corrected chi connectivity index (χ3v) is 6.01. The first-order chi connectivity index (χ1) is 16.4. The Labute approximate surface area is 203 Å². The molecule has 9 nitrogen and oxygen atoms in total. The van der Waals surface area contributed by atoms with Crippen molar-refractivity contribution in [1.29, 1.82) is 0 Å². The van der Waals surface area contributed by atoms with Crippen LogP contribution in [0.1, 0.15) is 19.7 Å². The second-order valence-corrected chi connectivity index (χ2v) is 8.63. The average Bonchev–Trinajstić information content (AvgIpc) is 3.29. The number of hydrogen-bond donors (Lipinski definition) is 3. The summed E-state index contributed by atoms with van der Waals surface area (Å²) >= 11 is 1.53. The molecule has 34 heavy (non-hydrogen) atoms. The molecule has 0 unspecified atom stereocenters. The number of amides is 1. The molecule has 180 valence electrons. The van der Waals surface area contributed by atoms with E-state index in [2.05, 4.69) is 25.6 Å². The van der Waals surface area contributed by atoms with Crippen LogP contribution < -0.4 is 15.4 Å². The second kappa shape index (κ2) is 12.2. The van der Waals surface area contributed by atoms with Gasteiger partial charge in [0.1, 0.15) is 24.5 Å². The van der Waals surface area contributed by atoms with E-state index in [1.165, 1.54) is 22.3 Å². The number of nitrogens with zero attached hydrogens (tertiary/aromatic N) is 4. The lowest BCUT2D eigenvalue weighted by molar-refractivity contribution is -0.129. The Morgan fingerprint density at radius 3 is 2.79 bits per heavy atom. The largest absolute Gasteiger partial charge is 0.476 e. The van der Waals surface area contributed by atoms with Crippen LogP contribution in [-0.4, -0.2) is 63.3 Å². The number of thiazole rings is 1. The number of aliphatic hydroxyl groups is 1. The molecule has 10 heteroatoms. The van der Waals surface area contributed by atoms with Crippen molar-refractivity contribution >= 4 is 28.2 Å². The Kier molecular flexibility index (Phi) is 9.08. The molecule has 0 aliphatic carbocycles. The Balaban J connectivity index is 1.52. The van der Waals surface area contributed by atoms with E-state index < -0.39 is 12.3 Å². The predicted molar refractivity (Wildman–Crippen MR) is 134 cm³/mol. The summed E-state index contributed by atoms with van der Waals surface area (Å²) in [5, 5.41) is 17.2. The lowest BCUT2D eigenvalue weighted by atomic mass is 10.2. The van der Waals surface area contributed by atoms with E-state index in [0.717, 1.165) is 15.6 Å². The van der Waals surface area contributed by atoms with Crippen LogP contribution in [0.5, 0.6) is 5.88 Å². The lowest BCUT2D eigenvalue weighted by Gasteiger charge is -2.28. The van der Waals surface area contributed by atoms with Crippen LogP contribution in [0.15, 0.2) is 54.7 Å². The molecule has 2 atom stereocenters. The number of anilines is 2. The first-order valence-corrected chi connectivity index (χ1v) is 11.8. The van der Waals surface area contributed by atoms with Crippen LogP contribution in [0.4, 0.5) is 10.9 Å². The van der Waals surface area contributed by atoms with E-state index in [-0.39, 0.29) is 12.5 Å². The normalized spacial score (nSPS) is 13.0. The maximum Gasteiger partial charge on any atom is 0.246 e. The van der Waals surface area contributed by atoms with Gasteiger partial charge >= 0.3 is 0 Å². The first-order valence-electron chi connectivity index (χ1n) is 10.9. The number of allylic oxidation sites excluding steroid dienone is 1. The van der Waals surface area contributed by atoms with E-state index in [1.54, 1.807) is 40.0 Å². The molecule has 1 aromatic carbocycles. The van der Waals surface area contributed by atoms with Gasteiger partial charge < -0.3 is 20.1 Å². The predicted octanol–water partition coefficient (Wildman–Crippen LogP) is 3.36. The van der Waals surface area contributed by atoms with Gasteiger partial charge in [0.05, 0.1) is 10.9 Å². The summed E-state index contributed by atoms with van der Waals surface area (Å²) in [5.41, 5.74) is 1.11. The fraction of sp³-hybridized carbons (Fsp3) is 0.333. The molecule has 0 aliphatic rings. The highest BCUT2D eigenvalue weighted by Gasteiger charge is 2.20. The van der Waals surface area contributed by atoms with E-state index in [9.17, 15) is 9.90 Å². The second-order valence-electron chi connectivity index (χ2n) is 7.60. The maximum absolute atomic E-state index is 11.9. The zero-order chi connectivity index (χ0) is 24.5. The van der Waals surface area contributed by atoms with Gasteiger partial charge in [-0.05, 0) is 32.4 Å². The van der Waals surface area contributed by atoms with Crippen molar-refractivity contribution in [2.75, 3.05) is 25.5 Å². The monoisotopic (exact) mass is 482 g/mol. The highest BCUT2D eigenvalue weighted by atomic mass is 32.1. The topological polar surface area (TPSA) is 113 Å². The van der Waals surface area contributed by atoms with Crippen LogP contribution in [0.2, 0.25) is 0 Å². The molecule has 3 N–H and O–H groups in total. The standard InChI is InChI=1S/C24H30N6O3S/c1-5-9-22(31)30(4)16(2)23(32)25-12-13-33-21-14-20(27-17(3)28-21)29-24-26-15-19(34-24)18-10-7-6-8-11-18/h5-11,14-16,23,25,32H,12-13H2,1-4H3,(H,26,27,28,29)/b9-5+/t16-,23-/m0/s1. The van der Waals surface area contributed by atoms with Gasteiger partial charge in [0.15, 0.2) is 5.13 Å². The smallest absolute Gasteiger partial charge is 0.246 e. The fourth-order valence-corrected chi connectivity index (χ4v) is 3.89. The first kappa shape index (κ1) is 25.3. The van der Waals surface area contributed by atoms with Crippen molar-refractivity contribution in [1.82, 2.24) is 25.2 Å². The Hall–Kier alpha value is -3.34. The molecule has 0 saturated heterocycles. The van der Waals surface area contributed by atoms with Crippen LogP contribution in [0, 0.1) is 6.92 Å². The number of aromatic nitrogens is 3. The van der Waals surface area contributed by atoms with Crippen LogP contribution in [0.25, 0.3) is 10.4 Å². The SMILES string of the molecule is C/C=C/C(=O)N(C)[C@@H](C)[C@H](O)NCCOc1cc(Nc2ncc(-c3ccccc3)s2)nc(C)n1. The highest BCUT2D eigenvalue weighted by Crippen LogP contribution is 2.30. The minimum atomic E-state index is -0.893. The summed E-state index contributed by atoms with van der Waals surface area (Å²) in [6, 6.07) is 11.4. The molecule has 0 bridgehead atoms. The van der Waals surface area contributed by atoms with E-state index in [4.69, 9.17) is 4.74 Å². The molecular formula is C24H30N6O3S. The summed E-state index contributed by atoms with van der Waals surface area (Å²) < 4.78 is 5.74. The number of carbonyl (C=O) groups excluding carboxylic acids is 1. The van der Waals surface area contributed by atoms with Crippen LogP contribution >= 0.6 is 11.3 Å². The van der Waals surface area contributed by atoms with E-state index >= 15 is 0 Å². The van der Waals surface area contributed by atoms with Gasteiger partial charge in [0.2, 0.25) is 11.8 Å². The number of nitrogens with one attached hydrogen (secondary N) is 2. The van der Waals surface area contributed by atoms with Crippen molar-refractivity contribution in [3.63, 3.8) is 0 Å². The number of benzene rings is 1. The maximum atomic E-state index is 11.9. The molecule has 0 radical (unpaired) electrons. The minimum absolute atomic E-state index is 0.167. The summed E-state index contributed by atoms with van der Waals surface area (Å²) in [7, 11) is 1.65. The number of carbonyl (C=O) groups is 1. The molecule has 2 aromatic heterocycles. The van der Waals surface area contributed by atoms with Crippen LogP contribution in [0.3, 0.4) is 0 Å². The van der Waals surface area contributed by atoms with Gasteiger partial charge in [-0.3, -0.25) is 10.1 Å². The molecule has 0 fully saturated rings. The van der Waals surface area contributed by atoms with Gasteiger partial charge in [-0.2, -0.15) is 4.98 Å². The molecule has 3 rings (SSSR count). The molecule has 3 aromatic rings. The van der Waals surface area contributed by atoms with E-state index in [0.29, 0.717) is 24.1 Å². The zero-order valence-electron chi connectivity index (χ0n) is 19.7. The number of ether oxygens (including phenoxy) is 1. The quantitative estimate of drug-likeness (QED) is 0.217. The average molecular weight is 483 g/mol. The van der Waals surface area contributed by atoms with E-state index in [1.807, 2.05) is 36.5 Å². The number of hydrogen-bond acceptors (Lipinski definition) is 9. The Morgan fingerprint density at radius 2 is 2.06 bits per heavy atom. The van der Waals surface area contributed by atoms with Crippen molar-refractivity contribution in [2.45, 2.75) is 33.0 Å². The van der Waals surface area contributed by atoms with Gasteiger partial charge in [0.25, 0.3) is 0 Å². The number of aryl methyl sites for hydroxylation is 1. The van der Waals surface area contributed by atoms with Crippen molar-refractivity contribution in [2.24, 2.45) is 0 Å². The van der Waals surface area contributed by atoms with Gasteiger partial charge in [-0.25, -0.2) is 9.97 Å². The molecular weight excluding hydrogens is 452 g/mol. The molecule has 2 heterocycles. The zero-order valence-corrected chi connectivity index (χ0v) is 20.5. The van der Waals surface area contributed by atoms with Crippen molar-refractivity contribution < 1.29 is 14.6 Å². The van der Waals surface area contributed by atoms with Gasteiger partial charge in [-0.1, -0.05) is 47.7 Å². The number of aliphatic hydroxyl groups excluding tert-OH is 1. The Morgan fingerprint density at radius 1 is 1.29 bits per heavy atom. The Bertz CT molecular complexity index is 1110. The lowest BCUT2D eigenvalue weighted by Crippen LogP contribution is -2.49. The van der Waals surface area contributed by atoms with Gasteiger partial charge in [-0.15, -0.1) is 0 Å². The van der Waals surface area contributed by atoms with Crippen molar-refractivity contribution in [3.8, 4) is 16.3 Å². The number of likely N-dealkylation sites (N-methyl/N-ethyl adjacent to an activating group) is 1. The highest BCUT2D eigenvalue weighted by molar-refractivity contribution is 7.18. The molecule has 1 amide bonds. The molecule has 0 spiro atoms. The fourth-order valence-electron chi connectivity index (χ4n) is 3.06. The van der Waals surface area contributed by atoms with Gasteiger partial charge in [0, 0.05) is 25.9 Å². The third kappa shape index (κ3) is 7.08. The third-order valence-electron chi connectivity index (χ3n) is 5.04. The van der Waals surface area contributed by atoms with Crippen molar-refractivity contribution in [3.05, 3.63) is 60.6 Å².